The van der Waals surface area contributed by atoms with Gasteiger partial charge in [0.2, 0.25) is 5.91 Å². The van der Waals surface area contributed by atoms with Gasteiger partial charge >= 0.3 is 5.97 Å². The molecule has 1 saturated heterocycles. The fourth-order valence-electron chi connectivity index (χ4n) is 2.70. The van der Waals surface area contributed by atoms with E-state index in [1.54, 1.807) is 0 Å². The van der Waals surface area contributed by atoms with Gasteiger partial charge in [-0.2, -0.15) is 0 Å². The summed E-state index contributed by atoms with van der Waals surface area (Å²) in [7, 11) is 1.27. The van der Waals surface area contributed by atoms with E-state index in [0.717, 1.165) is 11.1 Å². The maximum atomic E-state index is 12.5. The lowest BCUT2D eigenvalue weighted by atomic mass is 10.0. The summed E-state index contributed by atoms with van der Waals surface area (Å²) in [5.41, 5.74) is 8.09. The summed E-state index contributed by atoms with van der Waals surface area (Å²) in [4.78, 5) is 25.5. The van der Waals surface area contributed by atoms with E-state index < -0.39 is 24.2 Å². The monoisotopic (exact) mass is 306 g/mol. The number of ether oxygens (including phenoxy) is 1. The molecule has 1 aromatic carbocycles. The van der Waals surface area contributed by atoms with Crippen LogP contribution in [0, 0.1) is 6.92 Å². The molecule has 0 bridgehead atoms. The second kappa shape index (κ2) is 6.89. The number of aliphatic hydroxyl groups is 1. The molecule has 1 aliphatic rings. The Morgan fingerprint density at radius 3 is 2.64 bits per heavy atom. The number of benzene rings is 1. The largest absolute Gasteiger partial charge is 0.467 e. The van der Waals surface area contributed by atoms with Crippen LogP contribution in [0.3, 0.4) is 0 Å². The third-order valence-electron chi connectivity index (χ3n) is 3.93. The molecule has 0 saturated carbocycles. The SMILES string of the molecule is COC(=O)[C@@H]1C[C@@H](O)CN1C(=O)[C@H](N)Cc1ccc(C)cc1. The molecule has 0 aromatic heterocycles. The molecule has 6 nitrogen and oxygen atoms in total. The van der Waals surface area contributed by atoms with Crippen LogP contribution in [0.2, 0.25) is 0 Å². The van der Waals surface area contributed by atoms with Crippen molar-refractivity contribution in [2.75, 3.05) is 13.7 Å². The zero-order valence-electron chi connectivity index (χ0n) is 12.9. The number of methoxy groups -OCH3 is 1. The summed E-state index contributed by atoms with van der Waals surface area (Å²) in [5.74, 6) is -0.861. The molecular formula is C16H22N2O4. The van der Waals surface area contributed by atoms with Crippen molar-refractivity contribution in [1.29, 1.82) is 0 Å². The van der Waals surface area contributed by atoms with Gasteiger partial charge in [0, 0.05) is 13.0 Å². The van der Waals surface area contributed by atoms with Crippen LogP contribution in [0.4, 0.5) is 0 Å². The third kappa shape index (κ3) is 3.64. The van der Waals surface area contributed by atoms with Gasteiger partial charge in [0.05, 0.1) is 19.3 Å². The van der Waals surface area contributed by atoms with E-state index in [2.05, 4.69) is 4.74 Å². The van der Waals surface area contributed by atoms with E-state index in [1.807, 2.05) is 31.2 Å². The lowest BCUT2D eigenvalue weighted by molar-refractivity contribution is -0.151. The van der Waals surface area contributed by atoms with Crippen molar-refractivity contribution in [3.8, 4) is 0 Å². The van der Waals surface area contributed by atoms with Crippen LogP contribution in [0.1, 0.15) is 17.5 Å². The molecule has 22 heavy (non-hydrogen) atoms. The van der Waals surface area contributed by atoms with Crippen LogP contribution in [-0.4, -0.2) is 53.7 Å². The molecule has 120 valence electrons. The molecule has 1 heterocycles. The van der Waals surface area contributed by atoms with Crippen LogP contribution in [0.25, 0.3) is 0 Å². The number of aliphatic hydroxyl groups excluding tert-OH is 1. The Kier molecular flexibility index (Phi) is 5.15. The van der Waals surface area contributed by atoms with Gasteiger partial charge in [-0.15, -0.1) is 0 Å². The Morgan fingerprint density at radius 2 is 2.05 bits per heavy atom. The average Bonchev–Trinajstić information content (AvgIpc) is 2.89. The minimum absolute atomic E-state index is 0.111. The number of nitrogens with two attached hydrogens (primary N) is 1. The first-order valence-corrected chi connectivity index (χ1v) is 7.30. The van der Waals surface area contributed by atoms with Crippen molar-refractivity contribution in [2.45, 2.75) is 38.0 Å². The molecular weight excluding hydrogens is 284 g/mol. The minimum Gasteiger partial charge on any atom is -0.467 e. The first kappa shape index (κ1) is 16.5. The summed E-state index contributed by atoms with van der Waals surface area (Å²) in [6, 6.07) is 6.28. The molecule has 3 N–H and O–H groups in total. The molecule has 1 fully saturated rings. The summed E-state index contributed by atoms with van der Waals surface area (Å²) in [6.45, 7) is 2.10. The first-order chi connectivity index (χ1) is 10.4. The molecule has 0 unspecified atom stereocenters. The van der Waals surface area contributed by atoms with Gasteiger partial charge in [-0.05, 0) is 18.9 Å². The number of esters is 1. The summed E-state index contributed by atoms with van der Waals surface area (Å²) in [5, 5.41) is 9.72. The number of amides is 1. The predicted octanol–water partition coefficient (Wildman–Crippen LogP) is -0.000380. The fraction of sp³-hybridized carbons (Fsp3) is 0.500. The second-order valence-corrected chi connectivity index (χ2v) is 5.72. The highest BCUT2D eigenvalue weighted by molar-refractivity contribution is 5.88. The fourth-order valence-corrected chi connectivity index (χ4v) is 2.70. The number of β-amino-alcohol motifs (C(OH)–C–C–N with tert-alkyl or cyclic N) is 1. The molecule has 0 radical (unpaired) electrons. The number of carbonyl (C=O) groups is 2. The van der Waals surface area contributed by atoms with Gasteiger partial charge in [0.1, 0.15) is 6.04 Å². The number of hydrogen-bond acceptors (Lipinski definition) is 5. The zero-order valence-corrected chi connectivity index (χ0v) is 12.9. The van der Waals surface area contributed by atoms with Crippen molar-refractivity contribution in [3.63, 3.8) is 0 Å². The van der Waals surface area contributed by atoms with Gasteiger partial charge in [-0.1, -0.05) is 29.8 Å². The van der Waals surface area contributed by atoms with E-state index in [0.29, 0.717) is 6.42 Å². The number of aryl methyl sites for hydroxylation is 1. The highest BCUT2D eigenvalue weighted by Crippen LogP contribution is 2.20. The number of hydrogen-bond donors (Lipinski definition) is 2. The highest BCUT2D eigenvalue weighted by atomic mass is 16.5. The van der Waals surface area contributed by atoms with Gasteiger partial charge in [0.25, 0.3) is 0 Å². The lowest BCUT2D eigenvalue weighted by Crippen LogP contribution is -2.49. The quantitative estimate of drug-likeness (QED) is 0.764. The maximum absolute atomic E-state index is 12.5. The molecule has 1 aromatic rings. The van der Waals surface area contributed by atoms with Gasteiger partial charge in [-0.3, -0.25) is 4.79 Å². The van der Waals surface area contributed by atoms with Gasteiger partial charge < -0.3 is 20.5 Å². The van der Waals surface area contributed by atoms with Crippen LogP contribution in [0.15, 0.2) is 24.3 Å². The molecule has 1 aliphatic heterocycles. The van der Waals surface area contributed by atoms with Crippen molar-refractivity contribution < 1.29 is 19.4 Å². The molecule has 1 amide bonds. The third-order valence-corrected chi connectivity index (χ3v) is 3.93. The van der Waals surface area contributed by atoms with E-state index >= 15 is 0 Å². The Morgan fingerprint density at radius 1 is 1.41 bits per heavy atom. The highest BCUT2D eigenvalue weighted by Gasteiger charge is 2.40. The average molecular weight is 306 g/mol. The van der Waals surface area contributed by atoms with Crippen LogP contribution in [0.5, 0.6) is 0 Å². The van der Waals surface area contributed by atoms with Gasteiger partial charge in [-0.25, -0.2) is 4.79 Å². The first-order valence-electron chi connectivity index (χ1n) is 7.30. The zero-order chi connectivity index (χ0) is 16.3. The van der Waals surface area contributed by atoms with Crippen LogP contribution in [-0.2, 0) is 20.7 Å². The summed E-state index contributed by atoms with van der Waals surface area (Å²) < 4.78 is 4.69. The van der Waals surface area contributed by atoms with E-state index in [-0.39, 0.29) is 18.9 Å². The Labute approximate surface area is 129 Å². The lowest BCUT2D eigenvalue weighted by Gasteiger charge is -2.25. The van der Waals surface area contributed by atoms with Crippen molar-refractivity contribution in [1.82, 2.24) is 4.90 Å². The predicted molar refractivity (Wildman–Crippen MR) is 81.0 cm³/mol. The summed E-state index contributed by atoms with van der Waals surface area (Å²) in [6.07, 6.45) is -0.144. The van der Waals surface area contributed by atoms with Crippen molar-refractivity contribution in [2.24, 2.45) is 5.73 Å². The van der Waals surface area contributed by atoms with Gasteiger partial charge in [0.15, 0.2) is 0 Å². The molecule has 0 aliphatic carbocycles. The van der Waals surface area contributed by atoms with Crippen LogP contribution < -0.4 is 5.73 Å². The molecule has 3 atom stereocenters. The van der Waals surface area contributed by atoms with Crippen LogP contribution >= 0.6 is 0 Å². The minimum atomic E-state index is -0.753. The van der Waals surface area contributed by atoms with E-state index in [4.69, 9.17) is 5.73 Å². The smallest absolute Gasteiger partial charge is 0.328 e. The Balaban J connectivity index is 2.05. The number of rotatable bonds is 4. The standard InChI is InChI=1S/C16H22N2O4/c1-10-3-5-11(6-4-10)7-13(17)15(20)18-9-12(19)8-14(18)16(21)22-2/h3-6,12-14,19H,7-9,17H2,1-2H3/t12-,13-,14+/m1/s1. The molecule has 2 rings (SSSR count). The van der Waals surface area contributed by atoms with E-state index in [1.165, 1.54) is 12.0 Å². The summed E-state index contributed by atoms with van der Waals surface area (Å²) >= 11 is 0. The maximum Gasteiger partial charge on any atom is 0.328 e. The second-order valence-electron chi connectivity index (χ2n) is 5.72. The number of carbonyl (C=O) groups excluding carboxylic acids is 2. The van der Waals surface area contributed by atoms with E-state index in [9.17, 15) is 14.7 Å². The Bertz CT molecular complexity index is 544. The topological polar surface area (TPSA) is 92.9 Å². The van der Waals surface area contributed by atoms with Crippen molar-refractivity contribution >= 4 is 11.9 Å². The molecule has 6 heteroatoms. The van der Waals surface area contributed by atoms with Crippen molar-refractivity contribution in [3.05, 3.63) is 35.4 Å². The number of nitrogens with zero attached hydrogens (tertiary/aromatic N) is 1. The number of likely N-dealkylation sites (tertiary alicyclic amines) is 1. The molecule has 0 spiro atoms. The normalized spacial score (nSPS) is 22.5. The Hall–Kier alpha value is -1.92.